The number of aliphatic hydroxyl groups excluding tert-OH is 1. The maximum Gasteiger partial charge on any atom is 0.167 e. The van der Waals surface area contributed by atoms with Gasteiger partial charge in [-0.3, -0.25) is 4.57 Å². The number of rotatable bonds is 11. The molecule has 0 saturated carbocycles. The van der Waals surface area contributed by atoms with Crippen molar-refractivity contribution < 1.29 is 19.3 Å². The van der Waals surface area contributed by atoms with Crippen LogP contribution in [-0.2, 0) is 14.2 Å². The monoisotopic (exact) mass is 393 g/mol. The molecule has 2 aromatic rings. The van der Waals surface area contributed by atoms with Gasteiger partial charge in [0.05, 0.1) is 12.9 Å². The van der Waals surface area contributed by atoms with Crippen molar-refractivity contribution in [3.63, 3.8) is 0 Å². The van der Waals surface area contributed by atoms with E-state index in [0.29, 0.717) is 23.6 Å². The standard InChI is InChI=1S/C19H31N5O4/c1-3-4-5-6-7-8-9-27-16-15(25)13(10-26-2)28-19(16)24-12-23-14-17(20)21-11-22-18(14)24/h11-13,15-16,19,25H,3-10H2,1-2H3,(H2,20,21,22)/t13-,15-,16-,19-/m1/s1. The van der Waals surface area contributed by atoms with E-state index in [9.17, 15) is 5.11 Å². The number of aliphatic hydroxyl groups is 1. The number of imidazole rings is 1. The lowest BCUT2D eigenvalue weighted by atomic mass is 10.1. The first kappa shape index (κ1) is 20.9. The van der Waals surface area contributed by atoms with Crippen molar-refractivity contribution in [2.75, 3.05) is 26.1 Å². The average Bonchev–Trinajstić information content (AvgIpc) is 3.24. The van der Waals surface area contributed by atoms with Gasteiger partial charge in [-0.1, -0.05) is 39.0 Å². The van der Waals surface area contributed by atoms with Gasteiger partial charge in [0.2, 0.25) is 0 Å². The molecular weight excluding hydrogens is 362 g/mol. The molecule has 9 nitrogen and oxygen atoms in total. The molecule has 0 unspecified atom stereocenters. The number of anilines is 1. The lowest BCUT2D eigenvalue weighted by Crippen LogP contribution is -2.36. The largest absolute Gasteiger partial charge is 0.387 e. The highest BCUT2D eigenvalue weighted by atomic mass is 16.6. The highest BCUT2D eigenvalue weighted by Gasteiger charge is 2.46. The lowest BCUT2D eigenvalue weighted by Gasteiger charge is -2.22. The second-order valence-corrected chi connectivity index (χ2v) is 7.20. The van der Waals surface area contributed by atoms with Crippen molar-refractivity contribution in [2.24, 2.45) is 0 Å². The van der Waals surface area contributed by atoms with Crippen LogP contribution in [0.5, 0.6) is 0 Å². The quantitative estimate of drug-likeness (QED) is 0.557. The Balaban J connectivity index is 1.69. The van der Waals surface area contributed by atoms with Crippen molar-refractivity contribution in [3.05, 3.63) is 12.7 Å². The van der Waals surface area contributed by atoms with Gasteiger partial charge in [-0.15, -0.1) is 0 Å². The summed E-state index contributed by atoms with van der Waals surface area (Å²) in [4.78, 5) is 12.5. The van der Waals surface area contributed by atoms with Crippen molar-refractivity contribution in [2.45, 2.75) is 70.0 Å². The number of fused-ring (bicyclic) bond motifs is 1. The van der Waals surface area contributed by atoms with Crippen LogP contribution in [-0.4, -0.2) is 63.3 Å². The number of methoxy groups -OCH3 is 1. The van der Waals surface area contributed by atoms with Crippen LogP contribution in [0, 0.1) is 0 Å². The van der Waals surface area contributed by atoms with E-state index in [1.54, 1.807) is 18.0 Å². The minimum Gasteiger partial charge on any atom is -0.387 e. The van der Waals surface area contributed by atoms with Gasteiger partial charge in [0.15, 0.2) is 17.7 Å². The molecule has 9 heteroatoms. The normalized spacial score (nSPS) is 25.0. The molecule has 0 radical (unpaired) electrons. The Morgan fingerprint density at radius 1 is 1.18 bits per heavy atom. The van der Waals surface area contributed by atoms with Gasteiger partial charge >= 0.3 is 0 Å². The molecule has 156 valence electrons. The molecule has 0 bridgehead atoms. The molecule has 0 aliphatic carbocycles. The second-order valence-electron chi connectivity index (χ2n) is 7.20. The smallest absolute Gasteiger partial charge is 0.167 e. The Morgan fingerprint density at radius 2 is 1.96 bits per heavy atom. The van der Waals surface area contributed by atoms with E-state index in [2.05, 4.69) is 21.9 Å². The molecule has 0 amide bonds. The summed E-state index contributed by atoms with van der Waals surface area (Å²) >= 11 is 0. The maximum atomic E-state index is 10.7. The fourth-order valence-electron chi connectivity index (χ4n) is 3.58. The van der Waals surface area contributed by atoms with E-state index >= 15 is 0 Å². The Labute approximate surface area is 165 Å². The van der Waals surface area contributed by atoms with Gasteiger partial charge < -0.3 is 25.1 Å². The number of nitrogen functional groups attached to an aromatic ring is 1. The minimum atomic E-state index is -0.804. The second kappa shape index (κ2) is 10.1. The number of aromatic nitrogens is 4. The Bertz CT molecular complexity index is 740. The molecule has 1 aliphatic heterocycles. The Kier molecular flexibility index (Phi) is 7.55. The van der Waals surface area contributed by atoms with Crippen molar-refractivity contribution in [1.82, 2.24) is 19.5 Å². The zero-order chi connectivity index (χ0) is 19.9. The highest BCUT2D eigenvalue weighted by Crippen LogP contribution is 2.34. The zero-order valence-electron chi connectivity index (χ0n) is 16.7. The van der Waals surface area contributed by atoms with Gasteiger partial charge in [0.25, 0.3) is 0 Å². The molecule has 0 spiro atoms. The molecule has 28 heavy (non-hydrogen) atoms. The molecule has 4 atom stereocenters. The van der Waals surface area contributed by atoms with Crippen molar-refractivity contribution in [3.8, 4) is 0 Å². The third-order valence-electron chi connectivity index (χ3n) is 5.11. The number of ether oxygens (including phenoxy) is 3. The van der Waals surface area contributed by atoms with E-state index in [4.69, 9.17) is 19.9 Å². The summed E-state index contributed by atoms with van der Waals surface area (Å²) in [6.07, 6.45) is 7.64. The summed E-state index contributed by atoms with van der Waals surface area (Å²) in [5, 5.41) is 10.7. The predicted molar refractivity (Wildman–Crippen MR) is 105 cm³/mol. The topological polar surface area (TPSA) is 118 Å². The third kappa shape index (κ3) is 4.60. The van der Waals surface area contributed by atoms with Gasteiger partial charge in [0, 0.05) is 13.7 Å². The predicted octanol–water partition coefficient (Wildman–Crippen LogP) is 2.06. The minimum absolute atomic E-state index is 0.276. The molecule has 3 heterocycles. The first-order chi connectivity index (χ1) is 13.7. The molecule has 0 aromatic carbocycles. The van der Waals surface area contributed by atoms with Crippen molar-refractivity contribution in [1.29, 1.82) is 0 Å². The van der Waals surface area contributed by atoms with Gasteiger partial charge in [-0.25, -0.2) is 15.0 Å². The van der Waals surface area contributed by atoms with Crippen LogP contribution in [0.4, 0.5) is 5.82 Å². The molecule has 3 N–H and O–H groups in total. The van der Waals surface area contributed by atoms with E-state index in [0.717, 1.165) is 12.8 Å². The van der Waals surface area contributed by atoms with Crippen LogP contribution in [0.3, 0.4) is 0 Å². The molecule has 1 saturated heterocycles. The fraction of sp³-hybridized carbons (Fsp3) is 0.737. The van der Waals surface area contributed by atoms with Crippen LogP contribution < -0.4 is 5.73 Å². The molecule has 1 fully saturated rings. The zero-order valence-corrected chi connectivity index (χ0v) is 16.7. The van der Waals surface area contributed by atoms with Crippen LogP contribution in [0.25, 0.3) is 11.2 Å². The van der Waals surface area contributed by atoms with Crippen LogP contribution in [0.2, 0.25) is 0 Å². The van der Waals surface area contributed by atoms with Gasteiger partial charge in [-0.05, 0) is 6.42 Å². The average molecular weight is 393 g/mol. The van der Waals surface area contributed by atoms with Gasteiger partial charge in [0.1, 0.15) is 30.2 Å². The maximum absolute atomic E-state index is 10.7. The van der Waals surface area contributed by atoms with Crippen molar-refractivity contribution >= 4 is 17.0 Å². The number of hydrogen-bond acceptors (Lipinski definition) is 8. The SMILES string of the molecule is CCCCCCCCO[C@@H]1[C@H](O)[C@@H](COC)O[C@H]1n1cnc2c(N)ncnc21. The van der Waals surface area contributed by atoms with E-state index in [1.165, 1.54) is 32.0 Å². The first-order valence-electron chi connectivity index (χ1n) is 10.0. The number of hydrogen-bond donors (Lipinski definition) is 2. The lowest BCUT2D eigenvalue weighted by molar-refractivity contribution is -0.0731. The number of nitrogens with two attached hydrogens (primary N) is 1. The van der Waals surface area contributed by atoms with Gasteiger partial charge in [-0.2, -0.15) is 0 Å². The summed E-state index contributed by atoms with van der Waals surface area (Å²) in [6, 6.07) is 0. The number of nitrogens with zero attached hydrogens (tertiary/aromatic N) is 4. The third-order valence-corrected chi connectivity index (χ3v) is 5.11. The Morgan fingerprint density at radius 3 is 2.75 bits per heavy atom. The molecular formula is C19H31N5O4. The highest BCUT2D eigenvalue weighted by molar-refractivity contribution is 5.81. The first-order valence-corrected chi connectivity index (χ1v) is 10.0. The molecule has 2 aromatic heterocycles. The summed E-state index contributed by atoms with van der Waals surface area (Å²) in [5.74, 6) is 0.306. The van der Waals surface area contributed by atoms with Crippen LogP contribution >= 0.6 is 0 Å². The van der Waals surface area contributed by atoms with E-state index in [-0.39, 0.29) is 6.61 Å². The fourth-order valence-corrected chi connectivity index (χ4v) is 3.58. The summed E-state index contributed by atoms with van der Waals surface area (Å²) < 4.78 is 19.0. The molecule has 1 aliphatic rings. The van der Waals surface area contributed by atoms with Crippen LogP contribution in [0.15, 0.2) is 12.7 Å². The number of unbranched alkanes of at least 4 members (excludes halogenated alkanes) is 5. The van der Waals surface area contributed by atoms with E-state index in [1.807, 2.05) is 0 Å². The van der Waals surface area contributed by atoms with E-state index < -0.39 is 24.5 Å². The summed E-state index contributed by atoms with van der Waals surface area (Å²) in [7, 11) is 1.58. The van der Waals surface area contributed by atoms with Crippen LogP contribution in [0.1, 0.15) is 51.7 Å². The summed E-state index contributed by atoms with van der Waals surface area (Å²) in [6.45, 7) is 3.05. The molecule has 3 rings (SSSR count). The Hall–Kier alpha value is -1.81. The summed E-state index contributed by atoms with van der Waals surface area (Å²) in [5.41, 5.74) is 6.94.